The van der Waals surface area contributed by atoms with Gasteiger partial charge in [-0.15, -0.1) is 5.10 Å². The van der Waals surface area contributed by atoms with Crippen LogP contribution in [0.5, 0.6) is 0 Å². The van der Waals surface area contributed by atoms with E-state index in [0.717, 1.165) is 11.0 Å². The van der Waals surface area contributed by atoms with Gasteiger partial charge in [-0.25, -0.2) is 14.2 Å². The second-order valence-electron chi connectivity index (χ2n) is 4.37. The van der Waals surface area contributed by atoms with Crippen molar-refractivity contribution in [3.63, 3.8) is 0 Å². The quantitative estimate of drug-likeness (QED) is 0.530. The number of fused-ring (bicyclic) bond motifs is 1. The number of imidazole rings is 1. The van der Waals surface area contributed by atoms with Crippen LogP contribution in [0.4, 0.5) is 5.82 Å². The van der Waals surface area contributed by atoms with Gasteiger partial charge in [-0.05, 0) is 17.1 Å². The summed E-state index contributed by atoms with van der Waals surface area (Å²) in [5.74, 6) is 0.605. The molecule has 0 aliphatic carbocycles. The highest BCUT2D eigenvalue weighted by Gasteiger charge is 2.17. The molecule has 0 bridgehead atoms. The van der Waals surface area contributed by atoms with E-state index in [0.29, 0.717) is 18.9 Å². The van der Waals surface area contributed by atoms with Gasteiger partial charge in [-0.1, -0.05) is 17.3 Å². The standard InChI is InChI=1S/C12H12N6O2/c1-9-13-8-12(18(19)20)16(9)6-7-17-11-5-3-2-4-10(11)14-15-17/h2-5,8H,6-7H2,1H3. The van der Waals surface area contributed by atoms with Crippen LogP contribution in [0, 0.1) is 17.0 Å². The number of aromatic nitrogens is 5. The summed E-state index contributed by atoms with van der Waals surface area (Å²) in [5.41, 5.74) is 1.72. The predicted octanol–water partition coefficient (Wildman–Crippen LogP) is 1.54. The molecule has 0 radical (unpaired) electrons. The van der Waals surface area contributed by atoms with Gasteiger partial charge in [0, 0.05) is 6.92 Å². The van der Waals surface area contributed by atoms with Crippen molar-refractivity contribution >= 4 is 16.9 Å². The molecule has 0 aliphatic heterocycles. The fourth-order valence-corrected chi connectivity index (χ4v) is 2.16. The number of para-hydroxylation sites is 1. The van der Waals surface area contributed by atoms with Gasteiger partial charge >= 0.3 is 5.82 Å². The molecule has 2 heterocycles. The molecular weight excluding hydrogens is 260 g/mol. The molecule has 0 saturated heterocycles. The minimum Gasteiger partial charge on any atom is -0.358 e. The molecular formula is C12H12N6O2. The molecule has 1 aromatic carbocycles. The van der Waals surface area contributed by atoms with Gasteiger partial charge in [0.25, 0.3) is 0 Å². The van der Waals surface area contributed by atoms with E-state index in [9.17, 15) is 10.1 Å². The van der Waals surface area contributed by atoms with Crippen LogP contribution in [0.25, 0.3) is 11.0 Å². The molecule has 0 amide bonds. The van der Waals surface area contributed by atoms with E-state index in [4.69, 9.17) is 0 Å². The number of benzene rings is 1. The second kappa shape index (κ2) is 4.72. The van der Waals surface area contributed by atoms with E-state index < -0.39 is 4.92 Å². The van der Waals surface area contributed by atoms with Crippen molar-refractivity contribution in [2.45, 2.75) is 20.0 Å². The number of hydrogen-bond donors (Lipinski definition) is 0. The highest BCUT2D eigenvalue weighted by atomic mass is 16.6. The summed E-state index contributed by atoms with van der Waals surface area (Å²) in [6.45, 7) is 2.67. The average molecular weight is 272 g/mol. The first-order valence-corrected chi connectivity index (χ1v) is 6.11. The lowest BCUT2D eigenvalue weighted by Crippen LogP contribution is -2.12. The van der Waals surface area contributed by atoms with Crippen molar-refractivity contribution in [2.75, 3.05) is 0 Å². The highest BCUT2D eigenvalue weighted by Crippen LogP contribution is 2.15. The topological polar surface area (TPSA) is 91.7 Å². The SMILES string of the molecule is Cc1ncc([N+](=O)[O-])n1CCn1nnc2ccccc21. The van der Waals surface area contributed by atoms with Gasteiger partial charge in [0.1, 0.15) is 18.3 Å². The summed E-state index contributed by atoms with van der Waals surface area (Å²) in [6.07, 6.45) is 1.27. The van der Waals surface area contributed by atoms with Crippen LogP contribution in [-0.4, -0.2) is 29.5 Å². The van der Waals surface area contributed by atoms with Crippen LogP contribution in [0.15, 0.2) is 30.5 Å². The van der Waals surface area contributed by atoms with Crippen LogP contribution in [0.2, 0.25) is 0 Å². The van der Waals surface area contributed by atoms with Gasteiger partial charge < -0.3 is 10.1 Å². The summed E-state index contributed by atoms with van der Waals surface area (Å²) >= 11 is 0. The fraction of sp³-hybridized carbons (Fsp3) is 0.250. The van der Waals surface area contributed by atoms with Crippen molar-refractivity contribution in [2.24, 2.45) is 0 Å². The maximum absolute atomic E-state index is 10.9. The molecule has 0 unspecified atom stereocenters. The molecule has 0 fully saturated rings. The minimum atomic E-state index is -0.431. The van der Waals surface area contributed by atoms with Crippen molar-refractivity contribution in [1.29, 1.82) is 0 Å². The zero-order valence-electron chi connectivity index (χ0n) is 10.8. The Hall–Kier alpha value is -2.77. The van der Waals surface area contributed by atoms with Gasteiger partial charge in [-0.3, -0.25) is 0 Å². The minimum absolute atomic E-state index is 0.00748. The molecule has 3 rings (SSSR count). The molecule has 3 aromatic rings. The van der Waals surface area contributed by atoms with Crippen molar-refractivity contribution in [3.8, 4) is 0 Å². The lowest BCUT2D eigenvalue weighted by atomic mass is 10.3. The van der Waals surface area contributed by atoms with Gasteiger partial charge in [0.15, 0.2) is 5.82 Å². The molecule has 20 heavy (non-hydrogen) atoms. The Bertz CT molecular complexity index is 775. The summed E-state index contributed by atoms with van der Waals surface area (Å²) in [5, 5.41) is 19.0. The molecule has 0 saturated carbocycles. The Morgan fingerprint density at radius 2 is 2.10 bits per heavy atom. The summed E-state index contributed by atoms with van der Waals surface area (Å²) in [4.78, 5) is 14.5. The first kappa shape index (κ1) is 12.3. The number of rotatable bonds is 4. The van der Waals surface area contributed by atoms with E-state index in [2.05, 4.69) is 15.3 Å². The number of nitro groups is 1. The summed E-state index contributed by atoms with van der Waals surface area (Å²) < 4.78 is 3.30. The second-order valence-corrected chi connectivity index (χ2v) is 4.37. The van der Waals surface area contributed by atoms with Gasteiger partial charge in [-0.2, -0.15) is 0 Å². The third-order valence-corrected chi connectivity index (χ3v) is 3.18. The number of nitrogens with zero attached hydrogens (tertiary/aromatic N) is 6. The van der Waals surface area contributed by atoms with Gasteiger partial charge in [0.2, 0.25) is 0 Å². The van der Waals surface area contributed by atoms with E-state index in [-0.39, 0.29) is 5.82 Å². The molecule has 102 valence electrons. The Kier molecular flexibility index (Phi) is 2.90. The number of aryl methyl sites for hydroxylation is 2. The molecule has 2 aromatic heterocycles. The first-order chi connectivity index (χ1) is 9.66. The molecule has 0 spiro atoms. The van der Waals surface area contributed by atoms with Crippen LogP contribution in [-0.2, 0) is 13.1 Å². The lowest BCUT2D eigenvalue weighted by molar-refractivity contribution is -0.392. The molecule has 8 nitrogen and oxygen atoms in total. The predicted molar refractivity (Wildman–Crippen MR) is 71.1 cm³/mol. The van der Waals surface area contributed by atoms with Crippen molar-refractivity contribution < 1.29 is 4.92 Å². The molecule has 0 atom stereocenters. The Morgan fingerprint density at radius 3 is 2.90 bits per heavy atom. The average Bonchev–Trinajstić information content (AvgIpc) is 3.00. The van der Waals surface area contributed by atoms with E-state index in [1.807, 2.05) is 24.3 Å². The molecule has 8 heteroatoms. The van der Waals surface area contributed by atoms with E-state index in [1.165, 1.54) is 6.20 Å². The Balaban J connectivity index is 1.87. The van der Waals surface area contributed by atoms with E-state index in [1.54, 1.807) is 16.2 Å². The summed E-state index contributed by atoms with van der Waals surface area (Å²) in [7, 11) is 0. The smallest absolute Gasteiger partial charge is 0.342 e. The zero-order valence-corrected chi connectivity index (χ0v) is 10.8. The maximum atomic E-state index is 10.9. The van der Waals surface area contributed by atoms with Crippen LogP contribution in [0.3, 0.4) is 0 Å². The monoisotopic (exact) mass is 272 g/mol. The zero-order chi connectivity index (χ0) is 14.1. The Morgan fingerprint density at radius 1 is 1.30 bits per heavy atom. The summed E-state index contributed by atoms with van der Waals surface area (Å²) in [6, 6.07) is 7.60. The van der Waals surface area contributed by atoms with Gasteiger partial charge in [0.05, 0.1) is 12.1 Å². The fourth-order valence-electron chi connectivity index (χ4n) is 2.16. The lowest BCUT2D eigenvalue weighted by Gasteiger charge is -2.03. The van der Waals surface area contributed by atoms with Crippen LogP contribution >= 0.6 is 0 Å². The van der Waals surface area contributed by atoms with Crippen molar-refractivity contribution in [1.82, 2.24) is 24.5 Å². The van der Waals surface area contributed by atoms with Crippen LogP contribution < -0.4 is 0 Å². The number of hydrogen-bond acceptors (Lipinski definition) is 5. The van der Waals surface area contributed by atoms with E-state index >= 15 is 0 Å². The third kappa shape index (κ3) is 2.00. The third-order valence-electron chi connectivity index (χ3n) is 3.18. The molecule has 0 aliphatic rings. The maximum Gasteiger partial charge on any atom is 0.342 e. The largest absolute Gasteiger partial charge is 0.358 e. The first-order valence-electron chi connectivity index (χ1n) is 6.11. The highest BCUT2D eigenvalue weighted by molar-refractivity contribution is 5.73. The normalized spacial score (nSPS) is 11.1. The Labute approximate surface area is 113 Å². The molecule has 0 N–H and O–H groups in total. The van der Waals surface area contributed by atoms with Crippen LogP contribution in [0.1, 0.15) is 5.82 Å². The van der Waals surface area contributed by atoms with Crippen molar-refractivity contribution in [3.05, 3.63) is 46.4 Å².